The number of hydrogen-bond donors (Lipinski definition) is 1. The van der Waals surface area contributed by atoms with Gasteiger partial charge >= 0.3 is 0 Å². The van der Waals surface area contributed by atoms with Gasteiger partial charge in [0.2, 0.25) is 0 Å². The van der Waals surface area contributed by atoms with E-state index in [4.69, 9.17) is 4.42 Å². The van der Waals surface area contributed by atoms with Crippen LogP contribution in [-0.2, 0) is 0 Å². The van der Waals surface area contributed by atoms with Gasteiger partial charge < -0.3 is 9.73 Å². The van der Waals surface area contributed by atoms with Gasteiger partial charge in [0, 0.05) is 18.7 Å². The molecule has 0 atom stereocenters. The quantitative estimate of drug-likeness (QED) is 0.879. The maximum atomic E-state index is 5.50. The van der Waals surface area contributed by atoms with Crippen LogP contribution in [0, 0.1) is 12.8 Å². The van der Waals surface area contributed by atoms with Crippen LogP contribution < -0.4 is 5.32 Å². The molecule has 1 saturated carbocycles. The van der Waals surface area contributed by atoms with E-state index in [0.29, 0.717) is 6.04 Å². The summed E-state index contributed by atoms with van der Waals surface area (Å²) in [6, 6.07) is 6.82. The van der Waals surface area contributed by atoms with Gasteiger partial charge in [-0.1, -0.05) is 13.3 Å². The van der Waals surface area contributed by atoms with Crippen LogP contribution in [0.15, 0.2) is 22.6 Å². The Morgan fingerprint density at radius 1 is 1.26 bits per heavy atom. The molecule has 1 aliphatic carbocycles. The van der Waals surface area contributed by atoms with Crippen molar-refractivity contribution in [3.05, 3.63) is 24.1 Å². The molecule has 1 aliphatic rings. The number of anilines is 1. The van der Waals surface area contributed by atoms with E-state index in [1.807, 2.05) is 13.0 Å². The van der Waals surface area contributed by atoms with Crippen LogP contribution in [-0.4, -0.2) is 11.0 Å². The lowest BCUT2D eigenvalue weighted by Crippen LogP contribution is -2.25. The van der Waals surface area contributed by atoms with Gasteiger partial charge in [0.05, 0.1) is 0 Å². The van der Waals surface area contributed by atoms with Crippen LogP contribution in [0.4, 0.5) is 5.69 Å². The molecule has 3 rings (SSSR count). The summed E-state index contributed by atoms with van der Waals surface area (Å²) in [7, 11) is 0. The molecule has 1 N–H and O–H groups in total. The van der Waals surface area contributed by atoms with Gasteiger partial charge in [0.1, 0.15) is 5.52 Å². The van der Waals surface area contributed by atoms with Crippen molar-refractivity contribution in [1.29, 1.82) is 0 Å². The molecule has 2 aromatic rings. The Morgan fingerprint density at radius 3 is 2.79 bits per heavy atom. The molecule has 19 heavy (non-hydrogen) atoms. The van der Waals surface area contributed by atoms with Crippen molar-refractivity contribution >= 4 is 16.8 Å². The monoisotopic (exact) mass is 258 g/mol. The Bertz CT molecular complexity index is 553. The lowest BCUT2D eigenvalue weighted by Gasteiger charge is -2.29. The van der Waals surface area contributed by atoms with E-state index >= 15 is 0 Å². The second-order valence-electron chi connectivity index (χ2n) is 5.69. The lowest BCUT2D eigenvalue weighted by molar-refractivity contribution is 0.330. The second-order valence-corrected chi connectivity index (χ2v) is 5.69. The van der Waals surface area contributed by atoms with Crippen LogP contribution >= 0.6 is 0 Å². The third-order valence-electron chi connectivity index (χ3n) is 4.29. The zero-order valence-corrected chi connectivity index (χ0v) is 11.8. The van der Waals surface area contributed by atoms with E-state index in [0.717, 1.165) is 22.9 Å². The number of nitrogens with one attached hydrogen (secondary N) is 1. The van der Waals surface area contributed by atoms with Crippen LogP contribution in [0.2, 0.25) is 0 Å². The SMILES string of the molecule is CCC1CCC(Nc2ccc3oc(C)nc3c2)CC1. The predicted octanol–water partition coefficient (Wildman–Crippen LogP) is 4.52. The summed E-state index contributed by atoms with van der Waals surface area (Å²) >= 11 is 0. The van der Waals surface area contributed by atoms with Gasteiger partial charge in [-0.05, 0) is 49.8 Å². The smallest absolute Gasteiger partial charge is 0.192 e. The Balaban J connectivity index is 1.68. The molecule has 3 nitrogen and oxygen atoms in total. The zero-order chi connectivity index (χ0) is 13.2. The molecule has 1 aromatic carbocycles. The summed E-state index contributed by atoms with van der Waals surface area (Å²) in [6.45, 7) is 4.19. The molecule has 0 radical (unpaired) electrons. The fourth-order valence-corrected chi connectivity index (χ4v) is 3.08. The molecule has 0 saturated heterocycles. The molecule has 0 spiro atoms. The average molecular weight is 258 g/mol. The fourth-order valence-electron chi connectivity index (χ4n) is 3.08. The summed E-state index contributed by atoms with van der Waals surface area (Å²) in [4.78, 5) is 4.39. The van der Waals surface area contributed by atoms with Crippen LogP contribution in [0.1, 0.15) is 44.9 Å². The minimum atomic E-state index is 0.619. The van der Waals surface area contributed by atoms with Crippen molar-refractivity contribution in [2.45, 2.75) is 52.0 Å². The maximum absolute atomic E-state index is 5.50. The normalized spacial score (nSPS) is 23.7. The van der Waals surface area contributed by atoms with Gasteiger partial charge in [-0.25, -0.2) is 4.98 Å². The molecular formula is C16H22N2O. The molecule has 0 unspecified atom stereocenters. The van der Waals surface area contributed by atoms with Crippen molar-refractivity contribution < 1.29 is 4.42 Å². The number of nitrogens with zero attached hydrogens (tertiary/aromatic N) is 1. The molecule has 0 amide bonds. The van der Waals surface area contributed by atoms with Crippen molar-refractivity contribution in [2.24, 2.45) is 5.92 Å². The highest BCUT2D eigenvalue weighted by atomic mass is 16.3. The van der Waals surface area contributed by atoms with Crippen molar-refractivity contribution in [3.8, 4) is 0 Å². The van der Waals surface area contributed by atoms with Crippen LogP contribution in [0.5, 0.6) is 0 Å². The van der Waals surface area contributed by atoms with Crippen LogP contribution in [0.3, 0.4) is 0 Å². The Kier molecular flexibility index (Phi) is 3.45. The molecule has 1 heterocycles. The van der Waals surface area contributed by atoms with Gasteiger partial charge in [-0.15, -0.1) is 0 Å². The summed E-state index contributed by atoms with van der Waals surface area (Å²) in [5.41, 5.74) is 2.99. The first-order valence-corrected chi connectivity index (χ1v) is 7.38. The van der Waals surface area contributed by atoms with Crippen molar-refractivity contribution in [2.75, 3.05) is 5.32 Å². The molecule has 0 aliphatic heterocycles. The molecular weight excluding hydrogens is 236 g/mol. The van der Waals surface area contributed by atoms with Crippen molar-refractivity contribution in [1.82, 2.24) is 4.98 Å². The summed E-state index contributed by atoms with van der Waals surface area (Å²) in [5, 5.41) is 3.65. The largest absolute Gasteiger partial charge is 0.441 e. The topological polar surface area (TPSA) is 38.1 Å². The van der Waals surface area contributed by atoms with Gasteiger partial charge in [0.25, 0.3) is 0 Å². The van der Waals surface area contributed by atoms with E-state index in [9.17, 15) is 0 Å². The lowest BCUT2D eigenvalue weighted by atomic mass is 9.84. The van der Waals surface area contributed by atoms with E-state index in [1.165, 1.54) is 37.8 Å². The first-order chi connectivity index (χ1) is 9.24. The van der Waals surface area contributed by atoms with Gasteiger partial charge in [-0.3, -0.25) is 0 Å². The predicted molar refractivity (Wildman–Crippen MR) is 78.4 cm³/mol. The Morgan fingerprint density at radius 2 is 2.05 bits per heavy atom. The molecule has 3 heteroatoms. The molecule has 1 fully saturated rings. The summed E-state index contributed by atoms with van der Waals surface area (Å²) in [6.07, 6.45) is 6.62. The number of oxazole rings is 1. The highest BCUT2D eigenvalue weighted by molar-refractivity contribution is 5.77. The molecule has 1 aromatic heterocycles. The molecule has 0 bridgehead atoms. The third-order valence-corrected chi connectivity index (χ3v) is 4.29. The summed E-state index contributed by atoms with van der Waals surface area (Å²) in [5.74, 6) is 1.68. The van der Waals surface area contributed by atoms with Crippen LogP contribution in [0.25, 0.3) is 11.1 Å². The number of fused-ring (bicyclic) bond motifs is 1. The Hall–Kier alpha value is -1.51. The number of aromatic nitrogens is 1. The van der Waals surface area contributed by atoms with E-state index in [2.05, 4.69) is 29.4 Å². The van der Waals surface area contributed by atoms with E-state index in [1.54, 1.807) is 0 Å². The summed E-state index contributed by atoms with van der Waals surface area (Å²) < 4.78 is 5.50. The Labute approximate surface area is 114 Å². The fraction of sp³-hybridized carbons (Fsp3) is 0.562. The number of benzene rings is 1. The molecule has 102 valence electrons. The minimum absolute atomic E-state index is 0.619. The maximum Gasteiger partial charge on any atom is 0.192 e. The standard InChI is InChI=1S/C16H22N2O/c1-3-12-4-6-13(7-5-12)18-14-8-9-16-15(10-14)17-11(2)19-16/h8-10,12-13,18H,3-7H2,1-2H3. The van der Waals surface area contributed by atoms with E-state index < -0.39 is 0 Å². The van der Waals surface area contributed by atoms with Gasteiger partial charge in [-0.2, -0.15) is 0 Å². The van der Waals surface area contributed by atoms with E-state index in [-0.39, 0.29) is 0 Å². The highest BCUT2D eigenvalue weighted by Crippen LogP contribution is 2.29. The number of rotatable bonds is 3. The highest BCUT2D eigenvalue weighted by Gasteiger charge is 2.19. The number of hydrogen-bond acceptors (Lipinski definition) is 3. The van der Waals surface area contributed by atoms with Gasteiger partial charge in [0.15, 0.2) is 11.5 Å². The minimum Gasteiger partial charge on any atom is -0.441 e. The number of aryl methyl sites for hydroxylation is 1. The van der Waals surface area contributed by atoms with Crippen molar-refractivity contribution in [3.63, 3.8) is 0 Å². The second kappa shape index (κ2) is 5.24. The first-order valence-electron chi connectivity index (χ1n) is 7.38. The first kappa shape index (κ1) is 12.5. The third kappa shape index (κ3) is 2.75. The zero-order valence-electron chi connectivity index (χ0n) is 11.8. The average Bonchev–Trinajstić information content (AvgIpc) is 2.79.